The minimum absolute atomic E-state index is 0.194. The van der Waals surface area contributed by atoms with Crippen molar-refractivity contribution >= 4 is 23.9 Å². The quantitative estimate of drug-likeness (QED) is 0.0420. The van der Waals surface area contributed by atoms with Gasteiger partial charge in [0.1, 0.15) is 0 Å². The molecule has 0 unspecified atom stereocenters. The first kappa shape index (κ1) is 49.2. The van der Waals surface area contributed by atoms with Crippen LogP contribution in [0, 0.1) is 0 Å². The molecule has 0 aliphatic carbocycles. The summed E-state index contributed by atoms with van der Waals surface area (Å²) in [6.45, 7) is 4.66. The Morgan fingerprint density at radius 2 is 0.606 bits per heavy atom. The standard InChI is InChI=1S/C62H56N2O7/c1-45(49-31-15-5-16-32-49)63(43-47-27-11-3-12-28-47)55(51-35-19-7-20-36-51)57(69-59(65)53-39-23-9-24-40-53)61(67)71-62(68)58(70-60(66)54-41-25-10-26-42-54)56(52-37-21-8-22-38-52)64(44-48-29-13-4-14-30-48)46(2)50-33-17-6-18-34-50/h3-42,45-46,55-58H,43-44H2,1-2H3/t45-,46-,55-,56-,57-,58-/m0/s1. The van der Waals surface area contributed by atoms with E-state index < -0.39 is 48.2 Å². The number of hydrogen-bond acceptors (Lipinski definition) is 9. The molecule has 9 heteroatoms. The van der Waals surface area contributed by atoms with E-state index in [2.05, 4.69) is 9.80 Å². The van der Waals surface area contributed by atoms with Crippen molar-refractivity contribution in [3.63, 3.8) is 0 Å². The van der Waals surface area contributed by atoms with Crippen molar-refractivity contribution in [2.45, 2.75) is 63.3 Å². The fourth-order valence-electron chi connectivity index (χ4n) is 8.98. The van der Waals surface area contributed by atoms with Gasteiger partial charge in [-0.15, -0.1) is 0 Å². The third-order valence-corrected chi connectivity index (χ3v) is 12.7. The highest BCUT2D eigenvalue weighted by Gasteiger charge is 2.46. The first-order valence-corrected chi connectivity index (χ1v) is 23.8. The van der Waals surface area contributed by atoms with Crippen molar-refractivity contribution in [3.05, 3.63) is 287 Å². The summed E-state index contributed by atoms with van der Waals surface area (Å²) in [4.78, 5) is 64.1. The molecule has 0 amide bonds. The van der Waals surface area contributed by atoms with Gasteiger partial charge in [-0.2, -0.15) is 0 Å². The maximum absolute atomic E-state index is 15.6. The van der Waals surface area contributed by atoms with Crippen molar-refractivity contribution < 1.29 is 33.4 Å². The lowest BCUT2D eigenvalue weighted by molar-refractivity contribution is -0.177. The van der Waals surface area contributed by atoms with Gasteiger partial charge in [-0.25, -0.2) is 19.2 Å². The van der Waals surface area contributed by atoms with E-state index >= 15 is 9.59 Å². The molecule has 0 radical (unpaired) electrons. The normalized spacial score (nSPS) is 13.7. The summed E-state index contributed by atoms with van der Waals surface area (Å²) in [5.74, 6) is -3.89. The minimum Gasteiger partial charge on any atom is -0.445 e. The van der Waals surface area contributed by atoms with E-state index in [0.717, 1.165) is 22.3 Å². The van der Waals surface area contributed by atoms with E-state index in [-0.39, 0.29) is 23.2 Å². The molecule has 0 aliphatic heterocycles. The molecule has 0 fully saturated rings. The monoisotopic (exact) mass is 940 g/mol. The predicted molar refractivity (Wildman–Crippen MR) is 274 cm³/mol. The number of nitrogens with zero attached hydrogens (tertiary/aromatic N) is 2. The lowest BCUT2D eigenvalue weighted by atomic mass is 9.94. The number of carbonyl (C=O) groups is 4. The summed E-state index contributed by atoms with van der Waals surface area (Å²) < 4.78 is 18.9. The third kappa shape index (κ3) is 12.7. The Kier molecular flexibility index (Phi) is 16.9. The number of rotatable bonds is 20. The molecule has 0 heterocycles. The molecule has 0 saturated carbocycles. The summed E-state index contributed by atoms with van der Waals surface area (Å²) in [6.07, 6.45) is -3.48. The zero-order valence-corrected chi connectivity index (χ0v) is 39.7. The number of esters is 4. The van der Waals surface area contributed by atoms with E-state index in [0.29, 0.717) is 24.2 Å². The molecule has 0 saturated heterocycles. The molecule has 9 nitrogen and oxygen atoms in total. The van der Waals surface area contributed by atoms with Crippen molar-refractivity contribution in [2.24, 2.45) is 0 Å². The van der Waals surface area contributed by atoms with Crippen molar-refractivity contribution in [3.8, 4) is 0 Å². The fraction of sp³-hybridized carbons (Fsp3) is 0.161. The summed E-state index contributed by atoms with van der Waals surface area (Å²) in [5.41, 5.74) is 5.37. The van der Waals surface area contributed by atoms with Crippen LogP contribution >= 0.6 is 0 Å². The van der Waals surface area contributed by atoms with Crippen LogP contribution in [-0.4, -0.2) is 45.9 Å². The van der Waals surface area contributed by atoms with Gasteiger partial charge in [0, 0.05) is 25.2 Å². The van der Waals surface area contributed by atoms with Gasteiger partial charge >= 0.3 is 23.9 Å². The SMILES string of the molecule is C[C@@H](c1ccccc1)N(Cc1ccccc1)[C@@H](c1ccccc1)[C@H](OC(=O)c1ccccc1)C(=O)OC(=O)[C@@H](OC(=O)c1ccccc1)[C@H](c1ccccc1)N(Cc1ccccc1)[C@@H](C)c1ccccc1. The van der Waals surface area contributed by atoms with Gasteiger partial charge in [-0.1, -0.05) is 218 Å². The van der Waals surface area contributed by atoms with Crippen LogP contribution in [-0.2, 0) is 36.9 Å². The highest BCUT2D eigenvalue weighted by Crippen LogP contribution is 2.39. The van der Waals surface area contributed by atoms with Gasteiger partial charge in [0.15, 0.2) is 0 Å². The second kappa shape index (κ2) is 24.4. The van der Waals surface area contributed by atoms with Crippen LogP contribution in [0.5, 0.6) is 0 Å². The average molecular weight is 941 g/mol. The van der Waals surface area contributed by atoms with Crippen molar-refractivity contribution in [2.75, 3.05) is 0 Å². The van der Waals surface area contributed by atoms with Crippen molar-refractivity contribution in [1.29, 1.82) is 0 Å². The molecule has 8 rings (SSSR count). The molecule has 0 N–H and O–H groups in total. The van der Waals surface area contributed by atoms with Gasteiger partial charge in [-0.05, 0) is 71.5 Å². The molecular formula is C62H56N2O7. The first-order valence-electron chi connectivity index (χ1n) is 23.8. The zero-order valence-electron chi connectivity index (χ0n) is 39.7. The highest BCUT2D eigenvalue weighted by atomic mass is 16.6. The lowest BCUT2D eigenvalue weighted by Crippen LogP contribution is -2.48. The van der Waals surface area contributed by atoms with E-state index in [1.807, 2.05) is 196 Å². The Morgan fingerprint density at radius 3 is 0.901 bits per heavy atom. The van der Waals surface area contributed by atoms with Crippen LogP contribution in [0.15, 0.2) is 243 Å². The largest absolute Gasteiger partial charge is 0.445 e. The zero-order chi connectivity index (χ0) is 49.4. The number of benzene rings is 8. The number of hydrogen-bond donors (Lipinski definition) is 0. The van der Waals surface area contributed by atoms with Crippen LogP contribution in [0.1, 0.15) is 92.1 Å². The second-order valence-electron chi connectivity index (χ2n) is 17.3. The van der Waals surface area contributed by atoms with Gasteiger partial charge in [0.2, 0.25) is 12.2 Å². The van der Waals surface area contributed by atoms with Crippen LogP contribution in [0.3, 0.4) is 0 Å². The van der Waals surface area contributed by atoms with Crippen LogP contribution < -0.4 is 0 Å². The van der Waals surface area contributed by atoms with Crippen LogP contribution in [0.2, 0.25) is 0 Å². The Bertz CT molecular complexity index is 2710. The predicted octanol–water partition coefficient (Wildman–Crippen LogP) is 12.5. The summed E-state index contributed by atoms with van der Waals surface area (Å²) in [5, 5.41) is 0. The van der Waals surface area contributed by atoms with Crippen LogP contribution in [0.4, 0.5) is 0 Å². The van der Waals surface area contributed by atoms with E-state index in [1.165, 1.54) is 0 Å². The molecule has 0 aliphatic rings. The fourth-order valence-corrected chi connectivity index (χ4v) is 8.98. The maximum atomic E-state index is 15.6. The van der Waals surface area contributed by atoms with E-state index in [1.54, 1.807) is 60.7 Å². The van der Waals surface area contributed by atoms with E-state index in [9.17, 15) is 9.59 Å². The van der Waals surface area contributed by atoms with Crippen LogP contribution in [0.25, 0.3) is 0 Å². The highest BCUT2D eigenvalue weighted by molar-refractivity contribution is 5.96. The van der Waals surface area contributed by atoms with Gasteiger partial charge in [0.05, 0.1) is 23.2 Å². The Hall–Kier alpha value is -8.24. The third-order valence-electron chi connectivity index (χ3n) is 12.7. The summed E-state index contributed by atoms with van der Waals surface area (Å²) in [7, 11) is 0. The minimum atomic E-state index is -1.74. The van der Waals surface area contributed by atoms with Crippen molar-refractivity contribution in [1.82, 2.24) is 9.80 Å². The van der Waals surface area contributed by atoms with Gasteiger partial charge in [0.25, 0.3) is 0 Å². The lowest BCUT2D eigenvalue weighted by Gasteiger charge is -2.41. The first-order chi connectivity index (χ1) is 34.7. The molecule has 8 aromatic rings. The van der Waals surface area contributed by atoms with Gasteiger partial charge in [-0.3, -0.25) is 9.80 Å². The molecule has 71 heavy (non-hydrogen) atoms. The second-order valence-corrected chi connectivity index (χ2v) is 17.3. The molecule has 0 bridgehead atoms. The topological polar surface area (TPSA) is 102 Å². The summed E-state index contributed by atoms with van der Waals surface area (Å²) >= 11 is 0. The van der Waals surface area contributed by atoms with Gasteiger partial charge < -0.3 is 14.2 Å². The molecule has 356 valence electrons. The Labute approximate surface area is 415 Å². The smallest absolute Gasteiger partial charge is 0.357 e. The summed E-state index contributed by atoms with van der Waals surface area (Å²) in [6, 6.07) is 71.8. The number of ether oxygens (including phenoxy) is 3. The number of carbonyl (C=O) groups excluding carboxylic acids is 4. The average Bonchev–Trinajstić information content (AvgIpc) is 3.43. The Balaban J connectivity index is 1.27. The van der Waals surface area contributed by atoms with E-state index in [4.69, 9.17) is 14.2 Å². The molecule has 0 spiro atoms. The molecule has 6 atom stereocenters. The molecule has 8 aromatic carbocycles. The molecule has 0 aromatic heterocycles. The molecular weight excluding hydrogens is 885 g/mol. The maximum Gasteiger partial charge on any atom is 0.357 e. The Morgan fingerprint density at radius 1 is 0.352 bits per heavy atom.